The van der Waals surface area contributed by atoms with Gasteiger partial charge < -0.3 is 5.32 Å². The first-order valence-electron chi connectivity index (χ1n) is 7.84. The Labute approximate surface area is 123 Å². The van der Waals surface area contributed by atoms with Crippen LogP contribution in [-0.4, -0.2) is 55.3 Å². The van der Waals surface area contributed by atoms with Crippen molar-refractivity contribution in [1.82, 2.24) is 13.9 Å². The van der Waals surface area contributed by atoms with E-state index in [0.29, 0.717) is 31.5 Å². The maximum Gasteiger partial charge on any atom is 0.282 e. The van der Waals surface area contributed by atoms with Gasteiger partial charge in [-0.2, -0.15) is 17.0 Å². The average Bonchev–Trinajstić information content (AvgIpc) is 2.92. The average molecular weight is 303 g/mol. The van der Waals surface area contributed by atoms with Crippen molar-refractivity contribution < 1.29 is 8.42 Å². The van der Waals surface area contributed by atoms with E-state index in [-0.39, 0.29) is 5.54 Å². The molecule has 2 fully saturated rings. The molecule has 2 aliphatic heterocycles. The summed E-state index contributed by atoms with van der Waals surface area (Å²) >= 11 is 0. The molecule has 118 valence electrons. The van der Waals surface area contributed by atoms with Crippen molar-refractivity contribution in [3.63, 3.8) is 0 Å². The molecule has 2 aliphatic rings. The van der Waals surface area contributed by atoms with E-state index >= 15 is 0 Å². The molecule has 2 unspecified atom stereocenters. The van der Waals surface area contributed by atoms with Gasteiger partial charge in [-0.05, 0) is 45.1 Å². The summed E-state index contributed by atoms with van der Waals surface area (Å²) in [6.45, 7) is 12.0. The predicted octanol–water partition coefficient (Wildman–Crippen LogP) is 1.28. The predicted molar refractivity (Wildman–Crippen MR) is 81.7 cm³/mol. The van der Waals surface area contributed by atoms with Gasteiger partial charge in [0.05, 0.1) is 0 Å². The van der Waals surface area contributed by atoms with Crippen molar-refractivity contribution in [3.05, 3.63) is 0 Å². The van der Waals surface area contributed by atoms with E-state index in [4.69, 9.17) is 0 Å². The summed E-state index contributed by atoms with van der Waals surface area (Å²) in [5.74, 6) is 0.896. The molecule has 2 heterocycles. The minimum atomic E-state index is -3.34. The molecular weight excluding hydrogens is 274 g/mol. The number of fused-ring (bicyclic) bond motifs is 1. The van der Waals surface area contributed by atoms with E-state index in [2.05, 4.69) is 19.2 Å². The third kappa shape index (κ3) is 2.63. The molecule has 5 nitrogen and oxygen atoms in total. The summed E-state index contributed by atoms with van der Waals surface area (Å²) < 4.78 is 29.4. The first-order chi connectivity index (χ1) is 9.35. The van der Waals surface area contributed by atoms with Crippen LogP contribution in [0.15, 0.2) is 0 Å². The summed E-state index contributed by atoms with van der Waals surface area (Å²) in [5, 5.41) is 3.40. The first-order valence-corrected chi connectivity index (χ1v) is 9.24. The van der Waals surface area contributed by atoms with Gasteiger partial charge in [-0.25, -0.2) is 0 Å². The molecule has 0 aromatic heterocycles. The van der Waals surface area contributed by atoms with Gasteiger partial charge in [0.2, 0.25) is 0 Å². The molecule has 20 heavy (non-hydrogen) atoms. The van der Waals surface area contributed by atoms with E-state index in [0.717, 1.165) is 25.9 Å². The zero-order valence-electron chi connectivity index (χ0n) is 13.2. The van der Waals surface area contributed by atoms with E-state index in [1.54, 1.807) is 8.61 Å². The summed E-state index contributed by atoms with van der Waals surface area (Å²) in [6.07, 6.45) is 1.73. The molecule has 2 saturated heterocycles. The Hall–Kier alpha value is -0.170. The number of hydrogen-bond donors (Lipinski definition) is 1. The monoisotopic (exact) mass is 303 g/mol. The molecule has 0 aromatic carbocycles. The van der Waals surface area contributed by atoms with Gasteiger partial charge in [0, 0.05) is 31.7 Å². The van der Waals surface area contributed by atoms with Crippen LogP contribution in [0.5, 0.6) is 0 Å². The molecule has 2 rings (SSSR count). The highest BCUT2D eigenvalue weighted by molar-refractivity contribution is 7.86. The second-order valence-electron chi connectivity index (χ2n) is 6.62. The Morgan fingerprint density at radius 1 is 1.20 bits per heavy atom. The van der Waals surface area contributed by atoms with Gasteiger partial charge in [-0.3, -0.25) is 0 Å². The molecule has 0 aromatic rings. The molecule has 0 aliphatic carbocycles. The second kappa shape index (κ2) is 5.91. The SMILES string of the molecule is CCCN(CCC)S(=O)(=O)N1CC2CNCC2C1(C)C. The maximum absolute atomic E-state index is 13.0. The standard InChI is InChI=1S/C14H29N3O2S/c1-5-7-16(8-6-2)20(18,19)17-11-12-9-15-10-13(12)14(17,3)4/h12-13,15H,5-11H2,1-4H3. The Bertz CT molecular complexity index is 430. The third-order valence-electron chi connectivity index (χ3n) is 4.84. The summed E-state index contributed by atoms with van der Waals surface area (Å²) in [6, 6.07) is 0. The Kier molecular flexibility index (Phi) is 4.79. The van der Waals surface area contributed by atoms with Gasteiger partial charge in [0.25, 0.3) is 10.2 Å². The minimum Gasteiger partial charge on any atom is -0.316 e. The molecule has 0 amide bonds. The van der Waals surface area contributed by atoms with Crippen molar-refractivity contribution in [1.29, 1.82) is 0 Å². The molecule has 2 atom stereocenters. The molecule has 0 bridgehead atoms. The van der Waals surface area contributed by atoms with E-state index in [1.165, 1.54) is 0 Å². The van der Waals surface area contributed by atoms with Crippen LogP contribution in [0.1, 0.15) is 40.5 Å². The van der Waals surface area contributed by atoms with E-state index in [9.17, 15) is 8.42 Å². The van der Waals surface area contributed by atoms with Crippen molar-refractivity contribution in [2.75, 3.05) is 32.7 Å². The lowest BCUT2D eigenvalue weighted by Crippen LogP contribution is -2.53. The molecule has 0 radical (unpaired) electrons. The van der Waals surface area contributed by atoms with Crippen molar-refractivity contribution in [2.24, 2.45) is 11.8 Å². The fourth-order valence-electron chi connectivity index (χ4n) is 3.76. The lowest BCUT2D eigenvalue weighted by atomic mass is 9.85. The number of rotatable bonds is 6. The molecule has 6 heteroatoms. The highest BCUT2D eigenvalue weighted by Crippen LogP contribution is 2.42. The van der Waals surface area contributed by atoms with Gasteiger partial charge in [0.1, 0.15) is 0 Å². The lowest BCUT2D eigenvalue weighted by molar-refractivity contribution is 0.216. The highest BCUT2D eigenvalue weighted by atomic mass is 32.2. The number of nitrogens with zero attached hydrogens (tertiary/aromatic N) is 2. The van der Waals surface area contributed by atoms with E-state index < -0.39 is 10.2 Å². The van der Waals surface area contributed by atoms with Gasteiger partial charge in [-0.15, -0.1) is 0 Å². The summed E-state index contributed by atoms with van der Waals surface area (Å²) in [4.78, 5) is 0. The Balaban J connectivity index is 2.24. The van der Waals surface area contributed by atoms with Gasteiger partial charge in [0.15, 0.2) is 0 Å². The number of nitrogens with one attached hydrogen (secondary N) is 1. The fourth-order valence-corrected chi connectivity index (χ4v) is 5.97. The summed E-state index contributed by atoms with van der Waals surface area (Å²) in [7, 11) is -3.34. The van der Waals surface area contributed by atoms with Crippen LogP contribution in [-0.2, 0) is 10.2 Å². The largest absolute Gasteiger partial charge is 0.316 e. The quantitative estimate of drug-likeness (QED) is 0.804. The van der Waals surface area contributed by atoms with Gasteiger partial charge in [-0.1, -0.05) is 13.8 Å². The van der Waals surface area contributed by atoms with Crippen molar-refractivity contribution >= 4 is 10.2 Å². The van der Waals surface area contributed by atoms with Crippen LogP contribution in [0.4, 0.5) is 0 Å². The second-order valence-corrected chi connectivity index (χ2v) is 8.47. The first kappa shape index (κ1) is 16.2. The normalized spacial score (nSPS) is 30.1. The van der Waals surface area contributed by atoms with Crippen LogP contribution in [0, 0.1) is 11.8 Å². The smallest absolute Gasteiger partial charge is 0.282 e. The minimum absolute atomic E-state index is 0.285. The fraction of sp³-hybridized carbons (Fsp3) is 1.00. The molecule has 0 spiro atoms. The zero-order valence-corrected chi connectivity index (χ0v) is 14.0. The van der Waals surface area contributed by atoms with Crippen LogP contribution in [0.2, 0.25) is 0 Å². The van der Waals surface area contributed by atoms with Gasteiger partial charge >= 0.3 is 0 Å². The lowest BCUT2D eigenvalue weighted by Gasteiger charge is -2.37. The van der Waals surface area contributed by atoms with Crippen LogP contribution < -0.4 is 5.32 Å². The van der Waals surface area contributed by atoms with Crippen LogP contribution in [0.25, 0.3) is 0 Å². The summed E-state index contributed by atoms with van der Waals surface area (Å²) in [5.41, 5.74) is -0.285. The highest BCUT2D eigenvalue weighted by Gasteiger charge is 2.54. The van der Waals surface area contributed by atoms with Crippen LogP contribution >= 0.6 is 0 Å². The Morgan fingerprint density at radius 2 is 1.80 bits per heavy atom. The molecule has 0 saturated carbocycles. The van der Waals surface area contributed by atoms with E-state index in [1.807, 2.05) is 13.8 Å². The third-order valence-corrected chi connectivity index (χ3v) is 7.04. The maximum atomic E-state index is 13.0. The van der Waals surface area contributed by atoms with Crippen LogP contribution in [0.3, 0.4) is 0 Å². The Morgan fingerprint density at radius 3 is 2.30 bits per heavy atom. The van der Waals surface area contributed by atoms with Crippen molar-refractivity contribution in [3.8, 4) is 0 Å². The topological polar surface area (TPSA) is 52.7 Å². The number of hydrogen-bond acceptors (Lipinski definition) is 3. The molecule has 1 N–H and O–H groups in total. The molecular formula is C14H29N3O2S. The van der Waals surface area contributed by atoms with Crippen molar-refractivity contribution in [2.45, 2.75) is 46.1 Å². The zero-order chi connectivity index (χ0) is 15.0.